The molecule has 1 aliphatic heterocycles. The SMILES string of the molecule is Cc1ccnc(NC(=O)C(C)N2C(=O)c3ccccc3S2(=O)=O)n1. The molecule has 2 aromatic rings. The van der Waals surface area contributed by atoms with Gasteiger partial charge in [0.1, 0.15) is 10.9 Å². The topological polar surface area (TPSA) is 109 Å². The maximum Gasteiger partial charge on any atom is 0.269 e. The Kier molecular flexibility index (Phi) is 3.80. The molecule has 1 atom stereocenters. The van der Waals surface area contributed by atoms with Crippen molar-refractivity contribution in [1.29, 1.82) is 0 Å². The lowest BCUT2D eigenvalue weighted by atomic mass is 10.2. The normalized spacial score (nSPS) is 16.6. The number of rotatable bonds is 3. The van der Waals surface area contributed by atoms with Crippen molar-refractivity contribution in [3.05, 3.63) is 47.8 Å². The molecule has 9 heteroatoms. The van der Waals surface area contributed by atoms with Crippen LogP contribution in [0.15, 0.2) is 41.4 Å². The van der Waals surface area contributed by atoms with Crippen LogP contribution in [0.5, 0.6) is 0 Å². The molecule has 0 spiro atoms. The van der Waals surface area contributed by atoms with Crippen LogP contribution >= 0.6 is 0 Å². The van der Waals surface area contributed by atoms with Gasteiger partial charge in [-0.15, -0.1) is 0 Å². The van der Waals surface area contributed by atoms with Crippen molar-refractivity contribution in [2.45, 2.75) is 24.8 Å². The molecule has 0 aliphatic carbocycles. The van der Waals surface area contributed by atoms with Gasteiger partial charge >= 0.3 is 0 Å². The highest BCUT2D eigenvalue weighted by atomic mass is 32.2. The summed E-state index contributed by atoms with van der Waals surface area (Å²) >= 11 is 0. The number of sulfonamides is 1. The predicted octanol–water partition coefficient (Wildman–Crippen LogP) is 0.957. The molecule has 124 valence electrons. The van der Waals surface area contributed by atoms with Crippen LogP contribution in [0.1, 0.15) is 23.0 Å². The first-order valence-corrected chi connectivity index (χ1v) is 8.54. The molecule has 1 aromatic heterocycles. The maximum atomic E-state index is 12.5. The van der Waals surface area contributed by atoms with Gasteiger partial charge in [0, 0.05) is 11.9 Å². The van der Waals surface area contributed by atoms with Gasteiger partial charge in [-0.3, -0.25) is 14.9 Å². The number of aryl methyl sites for hydroxylation is 1. The minimum absolute atomic E-state index is 0.0495. The van der Waals surface area contributed by atoms with E-state index in [4.69, 9.17) is 0 Å². The summed E-state index contributed by atoms with van der Waals surface area (Å²) in [7, 11) is -4.06. The fraction of sp³-hybridized carbons (Fsp3) is 0.200. The molecular formula is C15H14N4O4S. The molecule has 0 saturated carbocycles. The Morgan fingerprint density at radius 2 is 1.96 bits per heavy atom. The number of hydrogen-bond donors (Lipinski definition) is 1. The molecule has 24 heavy (non-hydrogen) atoms. The molecule has 0 bridgehead atoms. The summed E-state index contributed by atoms with van der Waals surface area (Å²) in [6.07, 6.45) is 1.47. The quantitative estimate of drug-likeness (QED) is 0.886. The summed E-state index contributed by atoms with van der Waals surface area (Å²) in [4.78, 5) is 32.6. The smallest absolute Gasteiger partial charge is 0.269 e. The fourth-order valence-electron chi connectivity index (χ4n) is 2.42. The molecule has 0 fully saturated rings. The van der Waals surface area contributed by atoms with Gasteiger partial charge in [-0.1, -0.05) is 12.1 Å². The molecule has 2 heterocycles. The number of fused-ring (bicyclic) bond motifs is 1. The van der Waals surface area contributed by atoms with Crippen LogP contribution in [-0.2, 0) is 14.8 Å². The highest BCUT2D eigenvalue weighted by molar-refractivity contribution is 7.90. The van der Waals surface area contributed by atoms with E-state index in [-0.39, 0.29) is 16.4 Å². The van der Waals surface area contributed by atoms with E-state index >= 15 is 0 Å². The highest BCUT2D eigenvalue weighted by Crippen LogP contribution is 2.31. The van der Waals surface area contributed by atoms with E-state index in [1.165, 1.54) is 31.3 Å². The molecule has 8 nitrogen and oxygen atoms in total. The van der Waals surface area contributed by atoms with Crippen molar-refractivity contribution in [3.63, 3.8) is 0 Å². The van der Waals surface area contributed by atoms with Gasteiger partial charge in [0.15, 0.2) is 0 Å². The summed E-state index contributed by atoms with van der Waals surface area (Å²) in [6, 6.07) is 6.28. The van der Waals surface area contributed by atoms with Crippen LogP contribution in [0.2, 0.25) is 0 Å². The summed E-state index contributed by atoms with van der Waals surface area (Å²) < 4.78 is 25.7. The van der Waals surface area contributed by atoms with Gasteiger partial charge in [0.2, 0.25) is 11.9 Å². The van der Waals surface area contributed by atoms with Crippen LogP contribution in [0.4, 0.5) is 5.95 Å². The zero-order chi connectivity index (χ0) is 17.5. The summed E-state index contributed by atoms with van der Waals surface area (Å²) in [6.45, 7) is 3.07. The van der Waals surface area contributed by atoms with Crippen molar-refractivity contribution in [2.75, 3.05) is 5.32 Å². The van der Waals surface area contributed by atoms with E-state index in [9.17, 15) is 18.0 Å². The Morgan fingerprint density at radius 1 is 1.25 bits per heavy atom. The highest BCUT2D eigenvalue weighted by Gasteiger charge is 2.45. The molecule has 3 rings (SSSR count). The molecule has 1 unspecified atom stereocenters. The number of carbonyl (C=O) groups excluding carboxylic acids is 2. The number of carbonyl (C=O) groups is 2. The third-order valence-electron chi connectivity index (χ3n) is 3.62. The van der Waals surface area contributed by atoms with Crippen LogP contribution in [0.25, 0.3) is 0 Å². The van der Waals surface area contributed by atoms with Crippen LogP contribution < -0.4 is 5.32 Å². The third kappa shape index (κ3) is 2.52. The van der Waals surface area contributed by atoms with Gasteiger partial charge < -0.3 is 0 Å². The van der Waals surface area contributed by atoms with E-state index in [1.807, 2.05) is 0 Å². The monoisotopic (exact) mass is 346 g/mol. The van der Waals surface area contributed by atoms with E-state index in [1.54, 1.807) is 19.1 Å². The van der Waals surface area contributed by atoms with Crippen molar-refractivity contribution in [3.8, 4) is 0 Å². The van der Waals surface area contributed by atoms with Crippen molar-refractivity contribution in [1.82, 2.24) is 14.3 Å². The Morgan fingerprint density at radius 3 is 2.62 bits per heavy atom. The van der Waals surface area contributed by atoms with Crippen molar-refractivity contribution >= 4 is 27.8 Å². The van der Waals surface area contributed by atoms with E-state index in [2.05, 4.69) is 15.3 Å². The number of amides is 2. The molecule has 1 aromatic carbocycles. The molecule has 0 saturated heterocycles. The minimum Gasteiger partial charge on any atom is -0.293 e. The Balaban J connectivity index is 1.89. The lowest BCUT2D eigenvalue weighted by Crippen LogP contribution is -2.45. The number of nitrogens with one attached hydrogen (secondary N) is 1. The number of benzene rings is 1. The maximum absolute atomic E-state index is 12.5. The minimum atomic E-state index is -4.06. The van der Waals surface area contributed by atoms with Gasteiger partial charge in [-0.25, -0.2) is 22.7 Å². The van der Waals surface area contributed by atoms with Gasteiger partial charge in [-0.05, 0) is 32.0 Å². The lowest BCUT2D eigenvalue weighted by molar-refractivity contribution is -0.118. The zero-order valence-corrected chi connectivity index (χ0v) is 13.7. The van der Waals surface area contributed by atoms with Gasteiger partial charge in [0.25, 0.3) is 15.9 Å². The van der Waals surface area contributed by atoms with Crippen molar-refractivity contribution in [2.24, 2.45) is 0 Å². The Hall–Kier alpha value is -2.81. The molecule has 0 radical (unpaired) electrons. The summed E-state index contributed by atoms with van der Waals surface area (Å²) in [5.41, 5.74) is 0.703. The first-order valence-electron chi connectivity index (χ1n) is 7.10. The number of hydrogen-bond acceptors (Lipinski definition) is 6. The Bertz CT molecular complexity index is 942. The Labute approximate surface area is 138 Å². The molecular weight excluding hydrogens is 332 g/mol. The first kappa shape index (κ1) is 16.1. The van der Waals surface area contributed by atoms with Crippen LogP contribution in [-0.4, -0.2) is 40.5 Å². The largest absolute Gasteiger partial charge is 0.293 e. The predicted molar refractivity (Wildman–Crippen MR) is 84.7 cm³/mol. The van der Waals surface area contributed by atoms with Gasteiger partial charge in [-0.2, -0.15) is 0 Å². The average Bonchev–Trinajstić information content (AvgIpc) is 2.74. The second-order valence-corrected chi connectivity index (χ2v) is 7.07. The average molecular weight is 346 g/mol. The number of aromatic nitrogens is 2. The van der Waals surface area contributed by atoms with Crippen molar-refractivity contribution < 1.29 is 18.0 Å². The summed E-state index contributed by atoms with van der Waals surface area (Å²) in [5.74, 6) is -1.36. The van der Waals surface area contributed by atoms with E-state index in [0.29, 0.717) is 10.00 Å². The standard InChI is InChI=1S/C15H14N4O4S/c1-9-7-8-16-15(17-9)18-13(20)10(2)19-14(21)11-5-3-4-6-12(11)24(19,22)23/h3-8,10H,1-2H3,(H,16,17,18,20). The second kappa shape index (κ2) is 5.68. The van der Waals surface area contributed by atoms with E-state index < -0.39 is 27.9 Å². The molecule has 1 aliphatic rings. The molecule has 1 N–H and O–H groups in total. The van der Waals surface area contributed by atoms with Crippen LogP contribution in [0, 0.1) is 6.92 Å². The van der Waals surface area contributed by atoms with Crippen LogP contribution in [0.3, 0.4) is 0 Å². The second-order valence-electron chi connectivity index (χ2n) is 5.29. The summed E-state index contributed by atoms with van der Waals surface area (Å²) in [5, 5.41) is 2.43. The van der Waals surface area contributed by atoms with Gasteiger partial charge in [0.05, 0.1) is 5.56 Å². The number of nitrogens with zero attached hydrogens (tertiary/aromatic N) is 3. The lowest BCUT2D eigenvalue weighted by Gasteiger charge is -2.21. The fourth-order valence-corrected chi connectivity index (χ4v) is 4.14. The number of anilines is 1. The van der Waals surface area contributed by atoms with E-state index in [0.717, 1.165) is 0 Å². The first-order chi connectivity index (χ1) is 11.3. The zero-order valence-electron chi connectivity index (χ0n) is 12.9. The third-order valence-corrected chi connectivity index (χ3v) is 5.53. The molecule has 2 amide bonds.